The van der Waals surface area contributed by atoms with Crippen molar-refractivity contribution in [2.75, 3.05) is 20.3 Å². The van der Waals surface area contributed by atoms with Gasteiger partial charge in [0.25, 0.3) is 0 Å². The van der Waals surface area contributed by atoms with Crippen LogP contribution in [0, 0.1) is 0 Å². The van der Waals surface area contributed by atoms with Crippen LogP contribution in [0.2, 0.25) is 0 Å². The van der Waals surface area contributed by atoms with Gasteiger partial charge in [0.2, 0.25) is 0 Å². The van der Waals surface area contributed by atoms with Gasteiger partial charge in [-0.05, 0) is 38.1 Å². The minimum atomic E-state index is -1.07. The quantitative estimate of drug-likeness (QED) is 0.407. The number of carbonyl (C=O) groups is 3. The van der Waals surface area contributed by atoms with E-state index in [0.717, 1.165) is 0 Å². The Labute approximate surface area is 140 Å². The zero-order chi connectivity index (χ0) is 18.1. The van der Waals surface area contributed by atoms with E-state index in [1.165, 1.54) is 38.3 Å². The predicted octanol–water partition coefficient (Wildman–Crippen LogP) is 1.90. The summed E-state index contributed by atoms with van der Waals surface area (Å²) in [6.07, 6.45) is -1.07. The van der Waals surface area contributed by atoms with E-state index in [-0.39, 0.29) is 24.5 Å². The molecular weight excluding hydrogens is 316 g/mol. The number of benzene rings is 1. The molecule has 0 amide bonds. The maximum absolute atomic E-state index is 12.0. The van der Waals surface area contributed by atoms with E-state index in [2.05, 4.69) is 6.58 Å². The molecule has 0 fully saturated rings. The summed E-state index contributed by atoms with van der Waals surface area (Å²) in [5.74, 6) is -1.59. The molecule has 0 N–H and O–H groups in total. The van der Waals surface area contributed by atoms with Gasteiger partial charge >= 0.3 is 17.9 Å². The molecule has 0 aromatic heterocycles. The Hall–Kier alpha value is -2.67. The zero-order valence-electron chi connectivity index (χ0n) is 13.9. The summed E-state index contributed by atoms with van der Waals surface area (Å²) in [5, 5.41) is 0. The second-order valence-electron chi connectivity index (χ2n) is 4.77. The van der Waals surface area contributed by atoms with E-state index in [4.69, 9.17) is 18.9 Å². The molecule has 24 heavy (non-hydrogen) atoms. The van der Waals surface area contributed by atoms with Crippen molar-refractivity contribution in [3.63, 3.8) is 0 Å². The molecule has 0 aliphatic rings. The van der Waals surface area contributed by atoms with Crippen molar-refractivity contribution < 1.29 is 33.3 Å². The number of hydrogen-bond donors (Lipinski definition) is 0. The molecule has 7 nitrogen and oxygen atoms in total. The number of hydrogen-bond acceptors (Lipinski definition) is 7. The lowest BCUT2D eigenvalue weighted by molar-refractivity contribution is -0.154. The normalized spacial score (nSPS) is 11.3. The Bertz CT molecular complexity index is 604. The lowest BCUT2D eigenvalue weighted by Crippen LogP contribution is -2.33. The molecule has 1 unspecified atom stereocenters. The zero-order valence-corrected chi connectivity index (χ0v) is 13.9. The topological polar surface area (TPSA) is 88.1 Å². The molecule has 1 rings (SSSR count). The fourth-order valence-electron chi connectivity index (χ4n) is 1.56. The number of rotatable bonds is 8. The third-order valence-electron chi connectivity index (χ3n) is 2.85. The maximum Gasteiger partial charge on any atom is 0.344 e. The van der Waals surface area contributed by atoms with Gasteiger partial charge in [0.1, 0.15) is 12.4 Å². The first-order valence-electron chi connectivity index (χ1n) is 7.23. The lowest BCUT2D eigenvalue weighted by atomic mass is 10.2. The Morgan fingerprint density at radius 3 is 2.25 bits per heavy atom. The number of esters is 3. The van der Waals surface area contributed by atoms with Gasteiger partial charge in [-0.1, -0.05) is 6.58 Å². The first kappa shape index (κ1) is 19.4. The van der Waals surface area contributed by atoms with Gasteiger partial charge < -0.3 is 18.9 Å². The van der Waals surface area contributed by atoms with Crippen LogP contribution in [0.15, 0.2) is 36.4 Å². The fraction of sp³-hybridized carbons (Fsp3) is 0.353. The summed E-state index contributed by atoms with van der Waals surface area (Å²) in [5.41, 5.74) is 0.558. The number of methoxy groups -OCH3 is 1. The highest BCUT2D eigenvalue weighted by atomic mass is 16.6. The van der Waals surface area contributed by atoms with Crippen molar-refractivity contribution in [1.29, 1.82) is 0 Å². The van der Waals surface area contributed by atoms with Crippen molar-refractivity contribution in [1.82, 2.24) is 0 Å². The van der Waals surface area contributed by atoms with Crippen LogP contribution in [0.1, 0.15) is 24.2 Å². The molecule has 0 spiro atoms. The van der Waals surface area contributed by atoms with Gasteiger partial charge in [-0.25, -0.2) is 14.4 Å². The maximum atomic E-state index is 12.0. The molecule has 130 valence electrons. The van der Waals surface area contributed by atoms with Crippen LogP contribution in [0.5, 0.6) is 5.75 Å². The summed E-state index contributed by atoms with van der Waals surface area (Å²) >= 11 is 0. The van der Waals surface area contributed by atoms with E-state index in [0.29, 0.717) is 5.56 Å². The molecule has 0 saturated carbocycles. The monoisotopic (exact) mass is 336 g/mol. The van der Waals surface area contributed by atoms with Crippen LogP contribution in [0.3, 0.4) is 0 Å². The van der Waals surface area contributed by atoms with Crippen molar-refractivity contribution >= 4 is 17.9 Å². The molecule has 0 radical (unpaired) electrons. The second kappa shape index (κ2) is 9.46. The first-order chi connectivity index (χ1) is 11.4. The summed E-state index contributed by atoms with van der Waals surface area (Å²) in [4.78, 5) is 34.9. The molecule has 0 heterocycles. The number of carbonyl (C=O) groups excluding carboxylic acids is 3. The molecule has 1 aromatic carbocycles. The summed E-state index contributed by atoms with van der Waals surface area (Å²) < 4.78 is 19.8. The summed E-state index contributed by atoms with van der Waals surface area (Å²) in [7, 11) is 1.30. The number of ether oxygens (including phenoxy) is 4. The molecule has 0 aliphatic heterocycles. The van der Waals surface area contributed by atoms with E-state index < -0.39 is 24.0 Å². The molecule has 0 bridgehead atoms. The molecule has 0 saturated heterocycles. The van der Waals surface area contributed by atoms with Crippen LogP contribution >= 0.6 is 0 Å². The van der Waals surface area contributed by atoms with Crippen LogP contribution in [0.25, 0.3) is 0 Å². The van der Waals surface area contributed by atoms with E-state index in [1.54, 1.807) is 6.92 Å². The Morgan fingerprint density at radius 1 is 1.12 bits per heavy atom. The van der Waals surface area contributed by atoms with Crippen molar-refractivity contribution in [2.45, 2.75) is 20.0 Å². The van der Waals surface area contributed by atoms with Gasteiger partial charge in [0, 0.05) is 12.7 Å². The Morgan fingerprint density at radius 2 is 1.75 bits per heavy atom. The van der Waals surface area contributed by atoms with Crippen LogP contribution in [0.4, 0.5) is 0 Å². The molecule has 0 aliphatic carbocycles. The van der Waals surface area contributed by atoms with Crippen molar-refractivity contribution in [2.24, 2.45) is 0 Å². The summed E-state index contributed by atoms with van der Waals surface area (Å²) in [6.45, 7) is 6.62. The van der Waals surface area contributed by atoms with E-state index in [1.807, 2.05) is 0 Å². The average molecular weight is 336 g/mol. The van der Waals surface area contributed by atoms with Crippen LogP contribution in [-0.2, 0) is 23.8 Å². The minimum Gasteiger partial charge on any atom is -0.462 e. The SMILES string of the molecule is C=C(C)C(=O)OCC(OC)C(=O)Oc1ccc(C(=O)OCC)cc1. The third-order valence-corrected chi connectivity index (χ3v) is 2.85. The van der Waals surface area contributed by atoms with E-state index >= 15 is 0 Å². The van der Waals surface area contributed by atoms with Gasteiger partial charge in [-0.15, -0.1) is 0 Å². The highest BCUT2D eigenvalue weighted by molar-refractivity contribution is 5.89. The molecular formula is C17H20O7. The largest absolute Gasteiger partial charge is 0.462 e. The van der Waals surface area contributed by atoms with Crippen LogP contribution in [-0.4, -0.2) is 44.3 Å². The summed E-state index contributed by atoms with van der Waals surface area (Å²) in [6, 6.07) is 5.86. The molecule has 1 aromatic rings. The van der Waals surface area contributed by atoms with Gasteiger partial charge in [0.15, 0.2) is 6.10 Å². The van der Waals surface area contributed by atoms with Gasteiger partial charge in [-0.2, -0.15) is 0 Å². The van der Waals surface area contributed by atoms with Crippen molar-refractivity contribution in [3.05, 3.63) is 42.0 Å². The van der Waals surface area contributed by atoms with Crippen molar-refractivity contribution in [3.8, 4) is 5.75 Å². The van der Waals surface area contributed by atoms with Crippen LogP contribution < -0.4 is 4.74 Å². The molecule has 7 heteroatoms. The molecule has 1 atom stereocenters. The van der Waals surface area contributed by atoms with E-state index in [9.17, 15) is 14.4 Å². The third kappa shape index (κ3) is 5.85. The minimum absolute atomic E-state index is 0.216. The van der Waals surface area contributed by atoms with Gasteiger partial charge in [0.05, 0.1) is 12.2 Å². The Balaban J connectivity index is 2.63. The highest BCUT2D eigenvalue weighted by Gasteiger charge is 2.22. The second-order valence-corrected chi connectivity index (χ2v) is 4.77. The van der Waals surface area contributed by atoms with Gasteiger partial charge in [-0.3, -0.25) is 0 Å². The predicted molar refractivity (Wildman–Crippen MR) is 84.6 cm³/mol. The standard InChI is InChI=1S/C17H20O7/c1-5-22-16(19)12-6-8-13(9-7-12)24-17(20)14(21-4)10-23-15(18)11(2)3/h6-9,14H,2,5,10H2,1,3-4H3. The fourth-order valence-corrected chi connectivity index (χ4v) is 1.56. The smallest absolute Gasteiger partial charge is 0.344 e. The Kier molecular flexibility index (Phi) is 7.64. The lowest BCUT2D eigenvalue weighted by Gasteiger charge is -2.14. The highest BCUT2D eigenvalue weighted by Crippen LogP contribution is 2.14. The first-order valence-corrected chi connectivity index (χ1v) is 7.23. The average Bonchev–Trinajstić information content (AvgIpc) is 2.55.